The van der Waals surface area contributed by atoms with Gasteiger partial charge in [0.1, 0.15) is 5.78 Å². The van der Waals surface area contributed by atoms with Crippen molar-refractivity contribution in [3.63, 3.8) is 0 Å². The third kappa shape index (κ3) is 5.62. The molecule has 2 aromatic carbocycles. The van der Waals surface area contributed by atoms with Gasteiger partial charge in [-0.05, 0) is 57.4 Å². The van der Waals surface area contributed by atoms with Crippen molar-refractivity contribution in [1.82, 2.24) is 8.96 Å². The van der Waals surface area contributed by atoms with Gasteiger partial charge in [-0.25, -0.2) is 21.8 Å². The van der Waals surface area contributed by atoms with Crippen LogP contribution in [-0.4, -0.2) is 29.8 Å². The number of rotatable bonds is 10. The van der Waals surface area contributed by atoms with Gasteiger partial charge in [0.05, 0.1) is 27.7 Å². The van der Waals surface area contributed by atoms with Crippen molar-refractivity contribution in [1.29, 1.82) is 0 Å². The normalized spacial score (nSPS) is 11.8. The van der Waals surface area contributed by atoms with Crippen LogP contribution in [0.5, 0.6) is 5.75 Å². The third-order valence-electron chi connectivity index (χ3n) is 5.74. The fraction of sp³-hybridized carbons (Fsp3) is 0.308. The van der Waals surface area contributed by atoms with E-state index in [1.54, 1.807) is 41.7 Å². The summed E-state index contributed by atoms with van der Waals surface area (Å²) in [5.74, 6) is -0.517. The number of nitrogens with zero attached hydrogens (tertiary/aromatic N) is 2. The summed E-state index contributed by atoms with van der Waals surface area (Å²) in [4.78, 5) is 15.9. The summed E-state index contributed by atoms with van der Waals surface area (Å²) >= 11 is 1.55. The summed E-state index contributed by atoms with van der Waals surface area (Å²) in [5.41, 5.74) is 2.78. The first kappa shape index (κ1) is 25.1. The van der Waals surface area contributed by atoms with Crippen molar-refractivity contribution in [3.05, 3.63) is 75.6 Å². The number of aromatic nitrogens is 2. The molecule has 4 aromatic rings. The van der Waals surface area contributed by atoms with Gasteiger partial charge in [0.2, 0.25) is 0 Å². The number of halogens is 1. The molecule has 0 spiro atoms. The molecule has 0 saturated carbocycles. The van der Waals surface area contributed by atoms with Crippen LogP contribution in [0.3, 0.4) is 0 Å². The van der Waals surface area contributed by atoms with Gasteiger partial charge in [0.15, 0.2) is 11.6 Å². The van der Waals surface area contributed by atoms with Crippen LogP contribution in [0, 0.1) is 19.7 Å². The number of aryl methyl sites for hydroxylation is 3. The molecular formula is C26H27FN2O4S2. The van der Waals surface area contributed by atoms with Crippen LogP contribution in [0.2, 0.25) is 0 Å². The van der Waals surface area contributed by atoms with Crippen molar-refractivity contribution >= 4 is 38.0 Å². The van der Waals surface area contributed by atoms with Crippen LogP contribution in [0.1, 0.15) is 41.6 Å². The van der Waals surface area contributed by atoms with Crippen molar-refractivity contribution in [2.45, 2.75) is 51.3 Å². The van der Waals surface area contributed by atoms with Gasteiger partial charge in [-0.3, -0.25) is 0 Å². The highest BCUT2D eigenvalue weighted by molar-refractivity contribution is 7.90. The minimum atomic E-state index is -3.95. The highest BCUT2D eigenvalue weighted by Crippen LogP contribution is 2.32. The average molecular weight is 515 g/mol. The highest BCUT2D eigenvalue weighted by Gasteiger charge is 2.23. The first-order valence-electron chi connectivity index (χ1n) is 11.3. The van der Waals surface area contributed by atoms with Gasteiger partial charge in [-0.15, -0.1) is 11.3 Å². The number of carbonyl (C=O) groups is 1. The van der Waals surface area contributed by atoms with Crippen molar-refractivity contribution < 1.29 is 22.3 Å². The van der Waals surface area contributed by atoms with Crippen LogP contribution in [0.25, 0.3) is 10.9 Å². The van der Waals surface area contributed by atoms with Gasteiger partial charge in [0, 0.05) is 35.9 Å². The molecule has 0 aliphatic heterocycles. The number of fused-ring (bicyclic) bond motifs is 1. The number of hydrogen-bond donors (Lipinski definition) is 0. The molecule has 2 heterocycles. The molecule has 184 valence electrons. The second-order valence-electron chi connectivity index (χ2n) is 8.58. The van der Waals surface area contributed by atoms with Crippen molar-refractivity contribution in [3.8, 4) is 5.75 Å². The molecule has 0 aliphatic rings. The Bertz CT molecular complexity index is 1470. The molecule has 9 heteroatoms. The summed E-state index contributed by atoms with van der Waals surface area (Å²) < 4.78 is 48.8. The van der Waals surface area contributed by atoms with Crippen LogP contribution in [0.4, 0.5) is 4.39 Å². The number of ketones is 1. The Morgan fingerprint density at radius 2 is 1.89 bits per heavy atom. The molecule has 0 radical (unpaired) electrons. The summed E-state index contributed by atoms with van der Waals surface area (Å²) in [5, 5.41) is 3.49. The molecule has 6 nitrogen and oxygen atoms in total. The topological polar surface area (TPSA) is 78.3 Å². The average Bonchev–Trinajstić information content (AvgIpc) is 3.37. The third-order valence-corrected chi connectivity index (χ3v) is 8.25. The van der Waals surface area contributed by atoms with E-state index in [-0.39, 0.29) is 28.6 Å². The Morgan fingerprint density at radius 1 is 1.14 bits per heavy atom. The maximum atomic E-state index is 15.0. The number of Topliss-reactive ketones (excluding diaryl/α,β-unsaturated/α-hetero) is 1. The predicted octanol–water partition coefficient (Wildman–Crippen LogP) is 5.62. The fourth-order valence-corrected chi connectivity index (χ4v) is 5.94. The zero-order valence-corrected chi connectivity index (χ0v) is 21.5. The van der Waals surface area contributed by atoms with E-state index in [2.05, 4.69) is 4.98 Å². The summed E-state index contributed by atoms with van der Waals surface area (Å²) in [6, 6.07) is 9.30. The molecule has 0 atom stereocenters. The summed E-state index contributed by atoms with van der Waals surface area (Å²) in [6.45, 7) is 5.57. The maximum Gasteiger partial charge on any atom is 0.268 e. The van der Waals surface area contributed by atoms with E-state index in [0.717, 1.165) is 25.8 Å². The lowest BCUT2D eigenvalue weighted by Crippen LogP contribution is -2.12. The van der Waals surface area contributed by atoms with Gasteiger partial charge < -0.3 is 9.53 Å². The zero-order valence-electron chi connectivity index (χ0n) is 19.9. The van der Waals surface area contributed by atoms with E-state index in [9.17, 15) is 13.2 Å². The smallest absolute Gasteiger partial charge is 0.268 e. The van der Waals surface area contributed by atoms with E-state index in [0.29, 0.717) is 31.1 Å². The molecule has 0 unspecified atom stereocenters. The Hall–Kier alpha value is -3.04. The summed E-state index contributed by atoms with van der Waals surface area (Å²) in [7, 11) is -3.95. The number of thiazole rings is 1. The molecule has 35 heavy (non-hydrogen) atoms. The van der Waals surface area contributed by atoms with E-state index in [4.69, 9.17) is 4.74 Å². The Labute approximate surface area is 208 Å². The van der Waals surface area contributed by atoms with E-state index in [1.807, 2.05) is 19.2 Å². The quantitative estimate of drug-likeness (QED) is 0.274. The fourth-order valence-electron chi connectivity index (χ4n) is 3.91. The molecule has 0 aliphatic carbocycles. The maximum absolute atomic E-state index is 15.0. The number of carbonyl (C=O) groups excluding carboxylic acids is 1. The van der Waals surface area contributed by atoms with Gasteiger partial charge >= 0.3 is 0 Å². The van der Waals surface area contributed by atoms with Crippen LogP contribution in [0.15, 0.2) is 52.9 Å². The van der Waals surface area contributed by atoms with E-state index in [1.165, 1.54) is 19.2 Å². The number of benzene rings is 2. The number of ether oxygens (including phenoxy) is 1. The van der Waals surface area contributed by atoms with E-state index >= 15 is 4.39 Å². The second kappa shape index (κ2) is 10.3. The SMILES string of the molecule is CC(=O)CCCc1cn(S(=O)(=O)c2ccc(C)cc2)c2cc(F)c(OCCc3csc(C)n3)cc12. The van der Waals surface area contributed by atoms with E-state index < -0.39 is 15.8 Å². The Kier molecular flexibility index (Phi) is 7.37. The molecule has 0 amide bonds. The van der Waals surface area contributed by atoms with Gasteiger partial charge in [-0.1, -0.05) is 17.7 Å². The molecule has 2 aromatic heterocycles. The molecule has 0 saturated heterocycles. The largest absolute Gasteiger partial charge is 0.490 e. The highest BCUT2D eigenvalue weighted by atomic mass is 32.2. The minimum absolute atomic E-state index is 0.0581. The minimum Gasteiger partial charge on any atom is -0.490 e. The van der Waals surface area contributed by atoms with Gasteiger partial charge in [-0.2, -0.15) is 0 Å². The molecule has 4 rings (SSSR count). The van der Waals surface area contributed by atoms with Crippen molar-refractivity contribution in [2.75, 3.05) is 6.61 Å². The van der Waals surface area contributed by atoms with Crippen LogP contribution < -0.4 is 4.74 Å². The first-order chi connectivity index (χ1) is 16.6. The first-order valence-corrected chi connectivity index (χ1v) is 13.7. The van der Waals surface area contributed by atoms with Gasteiger partial charge in [0.25, 0.3) is 10.0 Å². The summed E-state index contributed by atoms with van der Waals surface area (Å²) in [6.07, 6.45) is 3.50. The lowest BCUT2D eigenvalue weighted by atomic mass is 10.1. The lowest BCUT2D eigenvalue weighted by Gasteiger charge is -2.10. The standard InChI is InChI=1S/C26H27FN2O4S2/c1-17-7-9-22(10-8-17)35(31,32)29-15-20(6-4-5-18(2)30)23-13-26(24(27)14-25(23)29)33-12-11-21-16-34-19(3)28-21/h7-10,13-16H,4-6,11-12H2,1-3H3. The molecular weight excluding hydrogens is 487 g/mol. The predicted molar refractivity (Wildman–Crippen MR) is 135 cm³/mol. The Morgan fingerprint density at radius 3 is 2.54 bits per heavy atom. The van der Waals surface area contributed by atoms with Crippen LogP contribution in [-0.2, 0) is 27.7 Å². The zero-order chi connectivity index (χ0) is 25.2. The molecule has 0 fully saturated rings. The molecule has 0 N–H and O–H groups in total. The van der Waals surface area contributed by atoms with Crippen molar-refractivity contribution in [2.24, 2.45) is 0 Å². The lowest BCUT2D eigenvalue weighted by molar-refractivity contribution is -0.117. The second-order valence-corrected chi connectivity index (χ2v) is 11.5. The van der Waals surface area contributed by atoms with Crippen LogP contribution >= 0.6 is 11.3 Å². The monoisotopic (exact) mass is 514 g/mol. The number of hydrogen-bond acceptors (Lipinski definition) is 6. The molecule has 0 bridgehead atoms. The Balaban J connectivity index is 1.71.